The SMILES string of the molecule is CC(C)Oc1ccc(-n2c(C(=O)O)c(NCC(=O)C(C)(C)C)c3cc(Oc4ccc(Cl)c(OC(F)(F)F)c4)ccc32)cc1. The quantitative estimate of drug-likeness (QED) is 0.184. The average Bonchev–Trinajstić information content (AvgIpc) is 3.21. The van der Waals surface area contributed by atoms with Gasteiger partial charge in [-0.25, -0.2) is 4.79 Å². The molecule has 8 nitrogen and oxygen atoms in total. The molecule has 0 saturated heterocycles. The zero-order valence-electron chi connectivity index (χ0n) is 24.0. The molecular weight excluding hydrogens is 589 g/mol. The Balaban J connectivity index is 1.83. The van der Waals surface area contributed by atoms with Crippen LogP contribution < -0.4 is 19.5 Å². The first kappa shape index (κ1) is 31.6. The molecule has 0 unspecified atom stereocenters. The molecule has 0 radical (unpaired) electrons. The number of anilines is 1. The standard InChI is InChI=1S/C31H30ClF3N2O6/c1-17(2)41-19-8-6-18(7-9-19)37-24-13-11-20(42-21-10-12-23(32)25(15-21)43-31(33,34)35)14-22(24)27(28(37)29(39)40)36-16-26(38)30(3,4)5/h6-15,17,36H,16H2,1-5H3,(H,39,40). The van der Waals surface area contributed by atoms with E-state index in [4.69, 9.17) is 21.1 Å². The number of hydrogen-bond acceptors (Lipinski definition) is 6. The molecule has 3 aromatic carbocycles. The Kier molecular flexibility index (Phi) is 8.87. The van der Waals surface area contributed by atoms with Gasteiger partial charge in [0.15, 0.2) is 17.2 Å². The number of carbonyl (C=O) groups excluding carboxylic acids is 1. The Bertz CT molecular complexity index is 1660. The van der Waals surface area contributed by atoms with E-state index >= 15 is 0 Å². The van der Waals surface area contributed by atoms with Crippen molar-refractivity contribution in [1.82, 2.24) is 4.57 Å². The number of benzene rings is 3. The summed E-state index contributed by atoms with van der Waals surface area (Å²) < 4.78 is 55.5. The van der Waals surface area contributed by atoms with E-state index in [0.29, 0.717) is 22.3 Å². The molecule has 4 aromatic rings. The fraction of sp³-hybridized carbons (Fsp3) is 0.290. The summed E-state index contributed by atoms with van der Waals surface area (Å²) in [6, 6.07) is 15.1. The molecule has 0 amide bonds. The van der Waals surface area contributed by atoms with Crippen molar-refractivity contribution in [1.29, 1.82) is 0 Å². The van der Waals surface area contributed by atoms with Crippen LogP contribution in [0.1, 0.15) is 45.1 Å². The molecule has 2 N–H and O–H groups in total. The number of halogens is 4. The summed E-state index contributed by atoms with van der Waals surface area (Å²) in [5.41, 5.74) is 0.364. The molecule has 0 bridgehead atoms. The number of nitrogens with zero attached hydrogens (tertiary/aromatic N) is 1. The van der Waals surface area contributed by atoms with Crippen LogP contribution in [0.3, 0.4) is 0 Å². The lowest BCUT2D eigenvalue weighted by molar-refractivity contribution is -0.274. The minimum atomic E-state index is -4.96. The summed E-state index contributed by atoms with van der Waals surface area (Å²) in [6.07, 6.45) is -5.01. The number of aromatic carboxylic acids is 1. The maximum atomic E-state index is 12.8. The number of fused-ring (bicyclic) bond motifs is 1. The highest BCUT2D eigenvalue weighted by Crippen LogP contribution is 2.39. The highest BCUT2D eigenvalue weighted by atomic mass is 35.5. The predicted molar refractivity (Wildman–Crippen MR) is 157 cm³/mol. The predicted octanol–water partition coefficient (Wildman–Crippen LogP) is 8.49. The lowest BCUT2D eigenvalue weighted by atomic mass is 9.91. The first-order valence-electron chi connectivity index (χ1n) is 13.2. The van der Waals surface area contributed by atoms with E-state index in [-0.39, 0.29) is 46.3 Å². The van der Waals surface area contributed by atoms with Crippen LogP contribution >= 0.6 is 11.6 Å². The van der Waals surface area contributed by atoms with E-state index in [1.54, 1.807) is 57.2 Å². The summed E-state index contributed by atoms with van der Waals surface area (Å²) in [7, 11) is 0. The maximum Gasteiger partial charge on any atom is 0.573 e. The minimum absolute atomic E-state index is 0.000878. The van der Waals surface area contributed by atoms with Gasteiger partial charge in [0.2, 0.25) is 0 Å². The number of rotatable bonds is 10. The molecule has 12 heteroatoms. The molecule has 0 spiro atoms. The molecule has 0 fully saturated rings. The molecule has 0 aliphatic heterocycles. The highest BCUT2D eigenvalue weighted by Gasteiger charge is 2.32. The first-order chi connectivity index (χ1) is 20.0. The number of ether oxygens (including phenoxy) is 3. The summed E-state index contributed by atoms with van der Waals surface area (Å²) >= 11 is 5.86. The van der Waals surface area contributed by atoms with Crippen LogP contribution in [0, 0.1) is 5.41 Å². The van der Waals surface area contributed by atoms with Crippen molar-refractivity contribution in [3.05, 3.63) is 71.4 Å². The van der Waals surface area contributed by atoms with Gasteiger partial charge in [-0.15, -0.1) is 13.2 Å². The smallest absolute Gasteiger partial charge is 0.491 e. The lowest BCUT2D eigenvalue weighted by Crippen LogP contribution is -2.27. The Hall–Kier alpha value is -4.38. The molecule has 228 valence electrons. The van der Waals surface area contributed by atoms with E-state index in [1.807, 2.05) is 13.8 Å². The number of alkyl halides is 3. The van der Waals surface area contributed by atoms with Crippen molar-refractivity contribution < 1.29 is 42.1 Å². The van der Waals surface area contributed by atoms with E-state index < -0.39 is 23.5 Å². The van der Waals surface area contributed by atoms with Gasteiger partial charge in [0, 0.05) is 22.6 Å². The number of hydrogen-bond donors (Lipinski definition) is 2. The number of nitrogens with one attached hydrogen (secondary N) is 1. The van der Waals surface area contributed by atoms with Crippen LogP contribution in [-0.4, -0.2) is 40.4 Å². The molecule has 4 rings (SSSR count). The van der Waals surface area contributed by atoms with Crippen molar-refractivity contribution in [3.63, 3.8) is 0 Å². The third-order valence-electron chi connectivity index (χ3n) is 6.23. The average molecular weight is 619 g/mol. The number of Topliss-reactive ketones (excluding diaryl/α,β-unsaturated/α-hetero) is 1. The Morgan fingerprint density at radius 1 is 0.953 bits per heavy atom. The first-order valence-corrected chi connectivity index (χ1v) is 13.6. The molecule has 0 aliphatic rings. The Morgan fingerprint density at radius 3 is 2.14 bits per heavy atom. The number of aromatic nitrogens is 1. The monoisotopic (exact) mass is 618 g/mol. The third kappa shape index (κ3) is 7.53. The molecule has 0 saturated carbocycles. The second kappa shape index (κ2) is 12.1. The fourth-order valence-electron chi connectivity index (χ4n) is 4.25. The maximum absolute atomic E-state index is 12.8. The van der Waals surface area contributed by atoms with Crippen LogP contribution in [0.15, 0.2) is 60.7 Å². The molecule has 43 heavy (non-hydrogen) atoms. The van der Waals surface area contributed by atoms with Gasteiger partial charge in [-0.1, -0.05) is 32.4 Å². The normalized spacial score (nSPS) is 12.0. The van der Waals surface area contributed by atoms with E-state index in [1.165, 1.54) is 22.8 Å². The van der Waals surface area contributed by atoms with Crippen molar-refractivity contribution in [2.45, 2.75) is 47.1 Å². The number of carboxylic acid groups (broad SMARTS) is 1. The van der Waals surface area contributed by atoms with Gasteiger partial charge in [0.25, 0.3) is 0 Å². The minimum Gasteiger partial charge on any atom is -0.491 e. The van der Waals surface area contributed by atoms with Crippen molar-refractivity contribution >= 4 is 39.9 Å². The second-order valence-corrected chi connectivity index (χ2v) is 11.4. The topological polar surface area (TPSA) is 99.0 Å². The van der Waals surface area contributed by atoms with Gasteiger partial charge in [0.1, 0.15) is 17.2 Å². The van der Waals surface area contributed by atoms with Gasteiger partial charge in [-0.05, 0) is 68.4 Å². The van der Waals surface area contributed by atoms with Crippen molar-refractivity contribution in [2.75, 3.05) is 11.9 Å². The molecule has 1 heterocycles. The van der Waals surface area contributed by atoms with Gasteiger partial charge in [0.05, 0.1) is 28.9 Å². The van der Waals surface area contributed by atoms with Crippen LogP contribution in [0.25, 0.3) is 16.6 Å². The largest absolute Gasteiger partial charge is 0.573 e. The zero-order chi connectivity index (χ0) is 31.7. The van der Waals surface area contributed by atoms with E-state index in [2.05, 4.69) is 10.1 Å². The number of carboxylic acids is 1. The number of ketones is 1. The van der Waals surface area contributed by atoms with Crippen LogP contribution in [-0.2, 0) is 4.79 Å². The molecule has 0 atom stereocenters. The fourth-order valence-corrected chi connectivity index (χ4v) is 4.41. The lowest BCUT2D eigenvalue weighted by Gasteiger charge is -2.17. The number of carbonyl (C=O) groups is 2. The van der Waals surface area contributed by atoms with E-state index in [0.717, 1.165) is 6.07 Å². The Morgan fingerprint density at radius 2 is 1.56 bits per heavy atom. The summed E-state index contributed by atoms with van der Waals surface area (Å²) in [4.78, 5) is 25.4. The summed E-state index contributed by atoms with van der Waals surface area (Å²) in [6.45, 7) is 8.90. The highest BCUT2D eigenvalue weighted by molar-refractivity contribution is 6.32. The molecule has 1 aromatic heterocycles. The van der Waals surface area contributed by atoms with Crippen LogP contribution in [0.2, 0.25) is 5.02 Å². The van der Waals surface area contributed by atoms with E-state index in [9.17, 15) is 27.9 Å². The Labute approximate surface area is 250 Å². The van der Waals surface area contributed by atoms with Gasteiger partial charge in [-0.2, -0.15) is 0 Å². The van der Waals surface area contributed by atoms with Crippen molar-refractivity contribution in [3.8, 4) is 28.7 Å². The third-order valence-corrected chi connectivity index (χ3v) is 6.55. The van der Waals surface area contributed by atoms with Gasteiger partial charge >= 0.3 is 12.3 Å². The van der Waals surface area contributed by atoms with Crippen molar-refractivity contribution in [2.24, 2.45) is 5.41 Å². The molecular formula is C31H30ClF3N2O6. The second-order valence-electron chi connectivity index (χ2n) is 11.0. The zero-order valence-corrected chi connectivity index (χ0v) is 24.8. The van der Waals surface area contributed by atoms with Gasteiger partial charge in [-0.3, -0.25) is 4.79 Å². The summed E-state index contributed by atoms with van der Waals surface area (Å²) in [5, 5.41) is 13.5. The van der Waals surface area contributed by atoms with Crippen LogP contribution in [0.5, 0.6) is 23.0 Å². The summed E-state index contributed by atoms with van der Waals surface area (Å²) in [5.74, 6) is -1.25. The molecule has 0 aliphatic carbocycles. The van der Waals surface area contributed by atoms with Crippen LogP contribution in [0.4, 0.5) is 18.9 Å². The van der Waals surface area contributed by atoms with Gasteiger partial charge < -0.3 is 29.2 Å².